The maximum absolute atomic E-state index is 6.01. The molecule has 0 aliphatic rings. The predicted molar refractivity (Wildman–Crippen MR) is 88.7 cm³/mol. The van der Waals surface area contributed by atoms with Gasteiger partial charge >= 0.3 is 0 Å². The minimum Gasteiger partial charge on any atom is -0.488 e. The molecular formula is C19H25NO. The lowest BCUT2D eigenvalue weighted by molar-refractivity contribution is 0.302. The molecular weight excluding hydrogens is 258 g/mol. The van der Waals surface area contributed by atoms with Crippen molar-refractivity contribution in [3.8, 4) is 5.75 Å². The van der Waals surface area contributed by atoms with Gasteiger partial charge in [-0.25, -0.2) is 0 Å². The molecule has 2 nitrogen and oxygen atoms in total. The van der Waals surface area contributed by atoms with Gasteiger partial charge in [-0.3, -0.25) is 0 Å². The summed E-state index contributed by atoms with van der Waals surface area (Å²) in [5.41, 5.74) is 4.94. The topological polar surface area (TPSA) is 21.3 Å². The minimum absolute atomic E-state index is 0.621. The molecule has 0 heterocycles. The van der Waals surface area contributed by atoms with E-state index in [4.69, 9.17) is 4.74 Å². The van der Waals surface area contributed by atoms with Gasteiger partial charge in [-0.1, -0.05) is 49.4 Å². The standard InChI is InChI=1S/C19H25NO/c1-4-10-20-13-18-11-15(2)19(16(3)12-18)21-14-17-8-6-5-7-9-17/h5-9,11-12,20H,4,10,13-14H2,1-3H3. The Labute approximate surface area is 128 Å². The van der Waals surface area contributed by atoms with E-state index in [0.29, 0.717) is 6.61 Å². The summed E-state index contributed by atoms with van der Waals surface area (Å²) >= 11 is 0. The molecule has 0 bridgehead atoms. The van der Waals surface area contributed by atoms with Crippen molar-refractivity contribution in [1.29, 1.82) is 0 Å². The molecule has 0 fully saturated rings. The molecule has 112 valence electrons. The third kappa shape index (κ3) is 4.61. The van der Waals surface area contributed by atoms with Gasteiger partial charge in [0.15, 0.2) is 0 Å². The number of hydrogen-bond donors (Lipinski definition) is 1. The first-order valence-corrected chi connectivity index (χ1v) is 7.68. The van der Waals surface area contributed by atoms with E-state index in [9.17, 15) is 0 Å². The SMILES string of the molecule is CCCNCc1cc(C)c(OCc2ccccc2)c(C)c1. The Morgan fingerprint density at radius 1 is 0.952 bits per heavy atom. The van der Waals surface area contributed by atoms with Crippen LogP contribution in [-0.2, 0) is 13.2 Å². The maximum Gasteiger partial charge on any atom is 0.125 e. The highest BCUT2D eigenvalue weighted by atomic mass is 16.5. The van der Waals surface area contributed by atoms with Crippen LogP contribution < -0.4 is 10.1 Å². The summed E-state index contributed by atoms with van der Waals surface area (Å²) in [6.07, 6.45) is 1.16. The smallest absolute Gasteiger partial charge is 0.125 e. The van der Waals surface area contributed by atoms with E-state index in [-0.39, 0.29) is 0 Å². The molecule has 0 saturated carbocycles. The van der Waals surface area contributed by atoms with Crippen LogP contribution in [0.1, 0.15) is 35.6 Å². The molecule has 21 heavy (non-hydrogen) atoms. The fourth-order valence-corrected chi connectivity index (χ4v) is 2.51. The van der Waals surface area contributed by atoms with E-state index in [2.05, 4.69) is 50.4 Å². The molecule has 2 heteroatoms. The van der Waals surface area contributed by atoms with E-state index in [1.807, 2.05) is 18.2 Å². The summed E-state index contributed by atoms with van der Waals surface area (Å²) < 4.78 is 6.01. The van der Waals surface area contributed by atoms with Crippen molar-refractivity contribution >= 4 is 0 Å². The summed E-state index contributed by atoms with van der Waals surface area (Å²) in [5, 5.41) is 3.44. The molecule has 2 aromatic carbocycles. The second-order valence-electron chi connectivity index (χ2n) is 5.51. The monoisotopic (exact) mass is 283 g/mol. The number of aryl methyl sites for hydroxylation is 2. The minimum atomic E-state index is 0.621. The second-order valence-corrected chi connectivity index (χ2v) is 5.51. The number of rotatable bonds is 7. The lowest BCUT2D eigenvalue weighted by Gasteiger charge is -2.14. The Kier molecular flexibility index (Phi) is 5.82. The molecule has 0 aliphatic carbocycles. The molecule has 0 atom stereocenters. The van der Waals surface area contributed by atoms with Gasteiger partial charge < -0.3 is 10.1 Å². The summed E-state index contributed by atoms with van der Waals surface area (Å²) in [6.45, 7) is 9.03. The lowest BCUT2D eigenvalue weighted by Crippen LogP contribution is -2.14. The predicted octanol–water partition coefficient (Wildman–Crippen LogP) is 4.38. The van der Waals surface area contributed by atoms with Gasteiger partial charge in [0, 0.05) is 6.54 Å². The number of nitrogens with one attached hydrogen (secondary N) is 1. The zero-order valence-electron chi connectivity index (χ0n) is 13.3. The van der Waals surface area contributed by atoms with Crippen LogP contribution in [0.2, 0.25) is 0 Å². The first-order valence-electron chi connectivity index (χ1n) is 7.68. The van der Waals surface area contributed by atoms with E-state index in [1.54, 1.807) is 0 Å². The van der Waals surface area contributed by atoms with Crippen LogP contribution in [0.15, 0.2) is 42.5 Å². The molecule has 0 radical (unpaired) electrons. The third-order valence-corrected chi connectivity index (χ3v) is 3.50. The molecule has 0 spiro atoms. The number of benzene rings is 2. The highest BCUT2D eigenvalue weighted by Crippen LogP contribution is 2.25. The molecule has 2 rings (SSSR count). The Morgan fingerprint density at radius 2 is 1.62 bits per heavy atom. The fraction of sp³-hybridized carbons (Fsp3) is 0.368. The molecule has 1 N–H and O–H groups in total. The fourth-order valence-electron chi connectivity index (χ4n) is 2.51. The molecule has 0 saturated heterocycles. The normalized spacial score (nSPS) is 10.6. The van der Waals surface area contributed by atoms with Crippen molar-refractivity contribution in [2.24, 2.45) is 0 Å². The summed E-state index contributed by atoms with van der Waals surface area (Å²) in [7, 11) is 0. The molecule has 0 aliphatic heterocycles. The Balaban J connectivity index is 2.03. The van der Waals surface area contributed by atoms with E-state index >= 15 is 0 Å². The van der Waals surface area contributed by atoms with Gasteiger partial charge in [0.05, 0.1) is 0 Å². The van der Waals surface area contributed by atoms with Crippen LogP contribution in [0.5, 0.6) is 5.75 Å². The van der Waals surface area contributed by atoms with Crippen molar-refractivity contribution in [3.05, 3.63) is 64.7 Å². The number of ether oxygens (including phenoxy) is 1. The zero-order chi connectivity index (χ0) is 15.1. The highest BCUT2D eigenvalue weighted by molar-refractivity contribution is 5.43. The van der Waals surface area contributed by atoms with E-state index in [0.717, 1.165) is 25.3 Å². The average Bonchev–Trinajstić information content (AvgIpc) is 2.48. The molecule has 0 aromatic heterocycles. The van der Waals surface area contributed by atoms with Gasteiger partial charge in [-0.15, -0.1) is 0 Å². The summed E-state index contributed by atoms with van der Waals surface area (Å²) in [4.78, 5) is 0. The molecule has 0 unspecified atom stereocenters. The first kappa shape index (κ1) is 15.6. The van der Waals surface area contributed by atoms with Gasteiger partial charge in [-0.2, -0.15) is 0 Å². The van der Waals surface area contributed by atoms with E-state index in [1.165, 1.54) is 22.3 Å². The third-order valence-electron chi connectivity index (χ3n) is 3.50. The van der Waals surface area contributed by atoms with Crippen molar-refractivity contribution in [3.63, 3.8) is 0 Å². The number of hydrogen-bond acceptors (Lipinski definition) is 2. The quantitative estimate of drug-likeness (QED) is 0.761. The van der Waals surface area contributed by atoms with Crippen molar-refractivity contribution in [2.45, 2.75) is 40.3 Å². The van der Waals surface area contributed by atoms with Gasteiger partial charge in [0.2, 0.25) is 0 Å². The van der Waals surface area contributed by atoms with Gasteiger partial charge in [-0.05, 0) is 49.1 Å². The molecule has 2 aromatic rings. The van der Waals surface area contributed by atoms with Crippen molar-refractivity contribution in [2.75, 3.05) is 6.54 Å². The second kappa shape index (κ2) is 7.84. The molecule has 0 amide bonds. The largest absolute Gasteiger partial charge is 0.488 e. The van der Waals surface area contributed by atoms with Gasteiger partial charge in [0.25, 0.3) is 0 Å². The Bertz CT molecular complexity index is 540. The zero-order valence-corrected chi connectivity index (χ0v) is 13.3. The van der Waals surface area contributed by atoms with Crippen LogP contribution in [0.25, 0.3) is 0 Å². The Morgan fingerprint density at radius 3 is 2.24 bits per heavy atom. The Hall–Kier alpha value is -1.80. The first-order chi connectivity index (χ1) is 10.2. The average molecular weight is 283 g/mol. The van der Waals surface area contributed by atoms with E-state index < -0.39 is 0 Å². The van der Waals surface area contributed by atoms with Crippen LogP contribution in [-0.4, -0.2) is 6.54 Å². The van der Waals surface area contributed by atoms with Crippen LogP contribution in [0, 0.1) is 13.8 Å². The summed E-state index contributed by atoms with van der Waals surface area (Å²) in [5.74, 6) is 1.01. The maximum atomic E-state index is 6.01. The van der Waals surface area contributed by atoms with Crippen molar-refractivity contribution < 1.29 is 4.74 Å². The lowest BCUT2D eigenvalue weighted by atomic mass is 10.1. The summed E-state index contributed by atoms with van der Waals surface area (Å²) in [6, 6.07) is 14.7. The van der Waals surface area contributed by atoms with Crippen molar-refractivity contribution in [1.82, 2.24) is 5.32 Å². The van der Waals surface area contributed by atoms with Crippen LogP contribution in [0.4, 0.5) is 0 Å². The highest BCUT2D eigenvalue weighted by Gasteiger charge is 2.07. The van der Waals surface area contributed by atoms with Gasteiger partial charge in [0.1, 0.15) is 12.4 Å². The van der Waals surface area contributed by atoms with Crippen LogP contribution >= 0.6 is 0 Å². The van der Waals surface area contributed by atoms with Crippen LogP contribution in [0.3, 0.4) is 0 Å².